The minimum absolute atomic E-state index is 0.00265. The van der Waals surface area contributed by atoms with Crippen LogP contribution >= 0.6 is 0 Å². The SMILES string of the molecule is CCCCCCCC(=O)c1cc(O)c(CCCCC)cc1O. The molecule has 0 atom stereocenters. The molecule has 0 bridgehead atoms. The highest BCUT2D eigenvalue weighted by atomic mass is 16.3. The van der Waals surface area contributed by atoms with Gasteiger partial charge in [0.25, 0.3) is 0 Å². The van der Waals surface area contributed by atoms with Crippen LogP contribution in [-0.2, 0) is 6.42 Å². The van der Waals surface area contributed by atoms with Gasteiger partial charge < -0.3 is 10.2 Å². The van der Waals surface area contributed by atoms with E-state index >= 15 is 0 Å². The number of carbonyl (C=O) groups is 1. The molecule has 0 aliphatic heterocycles. The molecule has 0 saturated heterocycles. The lowest BCUT2D eigenvalue weighted by molar-refractivity contribution is 0.0976. The molecular formula is C19H30O3. The van der Waals surface area contributed by atoms with Crippen molar-refractivity contribution in [2.45, 2.75) is 78.1 Å². The molecule has 0 radical (unpaired) electrons. The Balaban J connectivity index is 2.59. The molecule has 0 fully saturated rings. The van der Waals surface area contributed by atoms with Crippen LogP contribution in [0.4, 0.5) is 0 Å². The Morgan fingerprint density at radius 1 is 0.864 bits per heavy atom. The maximum absolute atomic E-state index is 12.2. The fraction of sp³-hybridized carbons (Fsp3) is 0.632. The number of phenolic OH excluding ortho intramolecular Hbond substituents is 2. The third kappa shape index (κ3) is 6.08. The summed E-state index contributed by atoms with van der Waals surface area (Å²) in [5.74, 6) is 0.0514. The number of hydrogen-bond acceptors (Lipinski definition) is 3. The zero-order chi connectivity index (χ0) is 16.4. The molecule has 1 aromatic rings. The van der Waals surface area contributed by atoms with Gasteiger partial charge in [-0.2, -0.15) is 0 Å². The monoisotopic (exact) mass is 306 g/mol. The molecule has 124 valence electrons. The fourth-order valence-electron chi connectivity index (χ4n) is 2.63. The molecule has 3 nitrogen and oxygen atoms in total. The average Bonchev–Trinajstić information content (AvgIpc) is 2.50. The minimum Gasteiger partial charge on any atom is -0.508 e. The largest absolute Gasteiger partial charge is 0.508 e. The van der Waals surface area contributed by atoms with Crippen LogP contribution in [0.25, 0.3) is 0 Å². The van der Waals surface area contributed by atoms with Crippen molar-refractivity contribution in [2.24, 2.45) is 0 Å². The molecular weight excluding hydrogens is 276 g/mol. The summed E-state index contributed by atoms with van der Waals surface area (Å²) in [6.45, 7) is 4.29. The molecule has 0 aliphatic rings. The Kier molecular flexibility index (Phi) is 8.64. The molecule has 2 N–H and O–H groups in total. The third-order valence-corrected chi connectivity index (χ3v) is 4.05. The van der Waals surface area contributed by atoms with Crippen molar-refractivity contribution in [2.75, 3.05) is 0 Å². The normalized spacial score (nSPS) is 10.8. The Morgan fingerprint density at radius 3 is 2.18 bits per heavy atom. The third-order valence-electron chi connectivity index (χ3n) is 4.05. The number of carbonyl (C=O) groups excluding carboxylic acids is 1. The van der Waals surface area contributed by atoms with Gasteiger partial charge in [-0.25, -0.2) is 0 Å². The second-order valence-electron chi connectivity index (χ2n) is 6.04. The summed E-state index contributed by atoms with van der Waals surface area (Å²) in [5.41, 5.74) is 0.984. The van der Waals surface area contributed by atoms with Crippen LogP contribution in [0.2, 0.25) is 0 Å². The molecule has 22 heavy (non-hydrogen) atoms. The maximum Gasteiger partial charge on any atom is 0.166 e. The van der Waals surface area contributed by atoms with Crippen LogP contribution in [0.15, 0.2) is 12.1 Å². The number of rotatable bonds is 11. The summed E-state index contributed by atoms with van der Waals surface area (Å²) in [6, 6.07) is 2.99. The van der Waals surface area contributed by atoms with Crippen LogP contribution in [0.3, 0.4) is 0 Å². The van der Waals surface area contributed by atoms with Crippen molar-refractivity contribution in [1.82, 2.24) is 0 Å². The number of aryl methyl sites for hydroxylation is 1. The lowest BCUT2D eigenvalue weighted by Crippen LogP contribution is -2.01. The molecule has 0 unspecified atom stereocenters. The fourth-order valence-corrected chi connectivity index (χ4v) is 2.63. The van der Waals surface area contributed by atoms with Crippen molar-refractivity contribution in [3.05, 3.63) is 23.3 Å². The van der Waals surface area contributed by atoms with E-state index in [0.717, 1.165) is 50.5 Å². The van der Waals surface area contributed by atoms with Crippen molar-refractivity contribution in [1.29, 1.82) is 0 Å². The molecule has 0 aromatic heterocycles. The number of benzene rings is 1. The number of phenols is 2. The van der Waals surface area contributed by atoms with Gasteiger partial charge in [0.05, 0.1) is 5.56 Å². The molecule has 1 aromatic carbocycles. The van der Waals surface area contributed by atoms with Gasteiger partial charge in [0.2, 0.25) is 0 Å². The Morgan fingerprint density at radius 2 is 1.50 bits per heavy atom. The summed E-state index contributed by atoms with van der Waals surface area (Å²) in [5, 5.41) is 20.1. The molecule has 1 rings (SSSR count). The molecule has 0 aliphatic carbocycles. The van der Waals surface area contributed by atoms with E-state index in [0.29, 0.717) is 6.42 Å². The zero-order valence-electron chi connectivity index (χ0n) is 14.0. The highest BCUT2D eigenvalue weighted by Gasteiger charge is 2.14. The Bertz CT molecular complexity index is 466. The number of aromatic hydroxyl groups is 2. The second-order valence-corrected chi connectivity index (χ2v) is 6.04. The molecule has 0 heterocycles. The van der Waals surface area contributed by atoms with Crippen LogP contribution in [0.1, 0.15) is 87.6 Å². The van der Waals surface area contributed by atoms with Crippen LogP contribution in [-0.4, -0.2) is 16.0 Å². The van der Waals surface area contributed by atoms with Crippen LogP contribution in [0.5, 0.6) is 11.5 Å². The quantitative estimate of drug-likeness (QED) is 0.328. The van der Waals surface area contributed by atoms with Gasteiger partial charge in [-0.1, -0.05) is 52.4 Å². The van der Waals surface area contributed by atoms with E-state index in [9.17, 15) is 15.0 Å². The topological polar surface area (TPSA) is 57.5 Å². The molecule has 0 saturated carbocycles. The number of hydrogen-bond donors (Lipinski definition) is 2. The Hall–Kier alpha value is -1.51. The highest BCUT2D eigenvalue weighted by molar-refractivity contribution is 5.99. The van der Waals surface area contributed by atoms with Crippen LogP contribution < -0.4 is 0 Å². The predicted octanol–water partition coefficient (Wildman–Crippen LogP) is 5.37. The number of ketones is 1. The van der Waals surface area contributed by atoms with E-state index in [1.54, 1.807) is 6.07 Å². The number of Topliss-reactive ketones (excluding diaryl/α,β-unsaturated/α-hetero) is 1. The van der Waals surface area contributed by atoms with Gasteiger partial charge in [0.1, 0.15) is 11.5 Å². The smallest absolute Gasteiger partial charge is 0.166 e. The summed E-state index contributed by atoms with van der Waals surface area (Å²) in [6.07, 6.45) is 9.78. The number of unbranched alkanes of at least 4 members (excludes halogenated alkanes) is 6. The second kappa shape index (κ2) is 10.3. The molecule has 0 amide bonds. The Labute approximate surface area is 134 Å². The van der Waals surface area contributed by atoms with Gasteiger partial charge in [-0.05, 0) is 37.0 Å². The highest BCUT2D eigenvalue weighted by Crippen LogP contribution is 2.29. The van der Waals surface area contributed by atoms with E-state index in [1.807, 2.05) is 0 Å². The van der Waals surface area contributed by atoms with E-state index in [4.69, 9.17) is 0 Å². The molecule has 3 heteroatoms. The lowest BCUT2D eigenvalue weighted by Gasteiger charge is -2.09. The van der Waals surface area contributed by atoms with Crippen molar-refractivity contribution >= 4 is 5.78 Å². The standard InChI is InChI=1S/C19H30O3/c1-3-5-7-8-10-12-17(20)16-14-18(21)15(13-19(16)22)11-9-6-4-2/h13-14,21-22H,3-12H2,1-2H3. The lowest BCUT2D eigenvalue weighted by atomic mass is 9.98. The first-order valence-corrected chi connectivity index (χ1v) is 8.68. The van der Waals surface area contributed by atoms with E-state index in [1.165, 1.54) is 18.9 Å². The summed E-state index contributed by atoms with van der Waals surface area (Å²) in [7, 11) is 0. The summed E-state index contributed by atoms with van der Waals surface area (Å²) in [4.78, 5) is 12.2. The van der Waals surface area contributed by atoms with Crippen molar-refractivity contribution < 1.29 is 15.0 Å². The minimum atomic E-state index is -0.0793. The molecule has 0 spiro atoms. The van der Waals surface area contributed by atoms with Crippen molar-refractivity contribution in [3.63, 3.8) is 0 Å². The first-order valence-electron chi connectivity index (χ1n) is 8.68. The van der Waals surface area contributed by atoms with Gasteiger partial charge >= 0.3 is 0 Å². The first kappa shape index (κ1) is 18.5. The predicted molar refractivity (Wildman–Crippen MR) is 90.7 cm³/mol. The van der Waals surface area contributed by atoms with Gasteiger partial charge in [-0.3, -0.25) is 4.79 Å². The van der Waals surface area contributed by atoms with Crippen LogP contribution in [0, 0.1) is 0 Å². The van der Waals surface area contributed by atoms with Gasteiger partial charge in [0, 0.05) is 6.42 Å². The summed E-state index contributed by atoms with van der Waals surface area (Å²) < 4.78 is 0. The van der Waals surface area contributed by atoms with E-state index < -0.39 is 0 Å². The van der Waals surface area contributed by atoms with Gasteiger partial charge in [-0.15, -0.1) is 0 Å². The maximum atomic E-state index is 12.2. The summed E-state index contributed by atoms with van der Waals surface area (Å²) >= 11 is 0. The first-order chi connectivity index (χ1) is 10.6. The van der Waals surface area contributed by atoms with Gasteiger partial charge in [0.15, 0.2) is 5.78 Å². The van der Waals surface area contributed by atoms with Crippen molar-refractivity contribution in [3.8, 4) is 11.5 Å². The van der Waals surface area contributed by atoms with E-state index in [2.05, 4.69) is 13.8 Å². The average molecular weight is 306 g/mol. The van der Waals surface area contributed by atoms with E-state index in [-0.39, 0.29) is 22.8 Å². The zero-order valence-corrected chi connectivity index (χ0v) is 14.0.